The van der Waals surface area contributed by atoms with E-state index < -0.39 is 0 Å². The summed E-state index contributed by atoms with van der Waals surface area (Å²) in [6.07, 6.45) is 8.50. The fraction of sp³-hybridized carbons (Fsp3) is 0.0526. The Hall–Kier alpha value is -2.41. The highest BCUT2D eigenvalue weighted by molar-refractivity contribution is 7.98. The van der Waals surface area contributed by atoms with E-state index in [0.29, 0.717) is 37.4 Å². The maximum atomic E-state index is 13.2. The highest BCUT2D eigenvalue weighted by Crippen LogP contribution is 2.34. The Kier molecular flexibility index (Phi) is 4.86. The molecule has 0 unspecified atom stereocenters. The van der Waals surface area contributed by atoms with Crippen LogP contribution in [0.1, 0.15) is 0 Å². The molecule has 134 valence electrons. The second-order valence-electron chi connectivity index (χ2n) is 5.64. The predicted molar refractivity (Wildman–Crippen MR) is 110 cm³/mol. The van der Waals surface area contributed by atoms with Gasteiger partial charge < -0.3 is 4.57 Å². The summed E-state index contributed by atoms with van der Waals surface area (Å²) in [5.41, 5.74) is 1.97. The van der Waals surface area contributed by atoms with Gasteiger partial charge in [0.25, 0.3) is 0 Å². The number of benzene rings is 1. The number of halogens is 2. The van der Waals surface area contributed by atoms with Crippen LogP contribution in [0.25, 0.3) is 27.8 Å². The zero-order chi connectivity index (χ0) is 19.0. The Morgan fingerprint density at radius 3 is 2.44 bits per heavy atom. The summed E-state index contributed by atoms with van der Waals surface area (Å²) in [6.45, 7) is 0. The lowest BCUT2D eigenvalue weighted by molar-refractivity contribution is 0.953. The molecule has 0 saturated carbocycles. The number of rotatable bonds is 3. The van der Waals surface area contributed by atoms with E-state index in [0.717, 1.165) is 5.69 Å². The lowest BCUT2D eigenvalue weighted by Gasteiger charge is -2.14. The third-order valence-corrected chi connectivity index (χ3v) is 5.27. The molecule has 0 saturated heterocycles. The van der Waals surface area contributed by atoms with Crippen molar-refractivity contribution in [2.45, 2.75) is 5.16 Å². The van der Waals surface area contributed by atoms with Crippen LogP contribution < -0.4 is 5.43 Å². The van der Waals surface area contributed by atoms with Gasteiger partial charge in [0.1, 0.15) is 0 Å². The number of hydrogen-bond acceptors (Lipinski definition) is 5. The first-order valence-corrected chi connectivity index (χ1v) is 9.89. The van der Waals surface area contributed by atoms with Crippen molar-refractivity contribution in [2.75, 3.05) is 6.26 Å². The fourth-order valence-electron chi connectivity index (χ4n) is 2.83. The maximum absolute atomic E-state index is 13.2. The van der Waals surface area contributed by atoms with Gasteiger partial charge in [-0.2, -0.15) is 0 Å². The van der Waals surface area contributed by atoms with Crippen LogP contribution in [0.4, 0.5) is 0 Å². The Balaban J connectivity index is 2.14. The van der Waals surface area contributed by atoms with E-state index in [9.17, 15) is 4.79 Å². The number of aromatic nitrogens is 4. The molecule has 3 heterocycles. The molecule has 0 bridgehead atoms. The number of pyridine rings is 2. The van der Waals surface area contributed by atoms with Gasteiger partial charge in [0, 0.05) is 35.9 Å². The summed E-state index contributed by atoms with van der Waals surface area (Å²) < 4.78 is 1.83. The van der Waals surface area contributed by atoms with Crippen molar-refractivity contribution in [3.8, 4) is 16.8 Å². The number of nitrogens with zero attached hydrogens (tertiary/aromatic N) is 4. The first-order chi connectivity index (χ1) is 13.1. The largest absolute Gasteiger partial charge is 0.300 e. The molecule has 0 atom stereocenters. The highest BCUT2D eigenvalue weighted by atomic mass is 35.5. The van der Waals surface area contributed by atoms with Crippen molar-refractivity contribution < 1.29 is 0 Å². The van der Waals surface area contributed by atoms with Crippen LogP contribution in [-0.2, 0) is 0 Å². The summed E-state index contributed by atoms with van der Waals surface area (Å²) in [5.74, 6) is 0. The van der Waals surface area contributed by atoms with Gasteiger partial charge in [-0.05, 0) is 30.5 Å². The second-order valence-corrected chi connectivity index (χ2v) is 7.23. The van der Waals surface area contributed by atoms with Crippen LogP contribution in [0.3, 0.4) is 0 Å². The minimum absolute atomic E-state index is 0.224. The van der Waals surface area contributed by atoms with E-state index in [1.807, 2.05) is 23.0 Å². The third-order valence-electron chi connectivity index (χ3n) is 4.08. The molecule has 4 aromatic rings. The quantitative estimate of drug-likeness (QED) is 0.353. The van der Waals surface area contributed by atoms with Crippen LogP contribution in [0.5, 0.6) is 0 Å². The average molecular weight is 415 g/mol. The van der Waals surface area contributed by atoms with Crippen molar-refractivity contribution in [1.82, 2.24) is 19.5 Å². The van der Waals surface area contributed by atoms with Crippen LogP contribution in [0.2, 0.25) is 10.0 Å². The van der Waals surface area contributed by atoms with Crippen LogP contribution in [0, 0.1) is 0 Å². The number of hydrogen-bond donors (Lipinski definition) is 0. The normalized spacial score (nSPS) is 11.1. The molecule has 1 aromatic carbocycles. The monoisotopic (exact) mass is 414 g/mol. The van der Waals surface area contributed by atoms with E-state index in [1.165, 1.54) is 11.8 Å². The van der Waals surface area contributed by atoms with Gasteiger partial charge in [0.15, 0.2) is 10.8 Å². The minimum Gasteiger partial charge on any atom is -0.300 e. The molecule has 27 heavy (non-hydrogen) atoms. The van der Waals surface area contributed by atoms with Gasteiger partial charge in [0.2, 0.25) is 5.43 Å². The highest BCUT2D eigenvalue weighted by Gasteiger charge is 2.18. The van der Waals surface area contributed by atoms with E-state index in [-0.39, 0.29) is 5.43 Å². The van der Waals surface area contributed by atoms with Gasteiger partial charge in [-0.1, -0.05) is 41.0 Å². The van der Waals surface area contributed by atoms with Crippen molar-refractivity contribution in [2.24, 2.45) is 0 Å². The molecular weight excluding hydrogens is 403 g/mol. The molecular formula is C19H12Cl2N4OS. The van der Waals surface area contributed by atoms with Gasteiger partial charge in [-0.3, -0.25) is 9.78 Å². The molecule has 0 spiro atoms. The maximum Gasteiger partial charge on any atom is 0.200 e. The SMILES string of the molecule is CSc1ncc2c(=O)c(-c3c(Cl)cccc3Cl)cn(-c3ccncc3)c2n1. The summed E-state index contributed by atoms with van der Waals surface area (Å²) in [7, 11) is 0. The first-order valence-electron chi connectivity index (χ1n) is 7.91. The molecule has 4 rings (SSSR count). The molecule has 5 nitrogen and oxygen atoms in total. The molecule has 0 radical (unpaired) electrons. The smallest absolute Gasteiger partial charge is 0.200 e. The molecule has 3 aromatic heterocycles. The Morgan fingerprint density at radius 1 is 1.07 bits per heavy atom. The summed E-state index contributed by atoms with van der Waals surface area (Å²) in [6, 6.07) is 8.82. The lowest BCUT2D eigenvalue weighted by Crippen LogP contribution is -2.13. The molecule has 0 N–H and O–H groups in total. The standard InChI is InChI=1S/C19H12Cl2N4OS/c1-27-19-23-9-12-17(26)13(16-14(20)3-2-4-15(16)21)10-25(18(12)24-19)11-5-7-22-8-6-11/h2-10H,1H3. The van der Waals surface area contributed by atoms with Gasteiger partial charge >= 0.3 is 0 Å². The van der Waals surface area contributed by atoms with Gasteiger partial charge in [-0.25, -0.2) is 9.97 Å². The molecule has 0 amide bonds. The second kappa shape index (κ2) is 7.31. The van der Waals surface area contributed by atoms with Crippen molar-refractivity contribution >= 4 is 46.0 Å². The minimum atomic E-state index is -0.224. The summed E-state index contributed by atoms with van der Waals surface area (Å²) >= 11 is 14.1. The molecule has 0 aliphatic heterocycles. The summed E-state index contributed by atoms with van der Waals surface area (Å²) in [5, 5.41) is 1.77. The first kappa shape index (κ1) is 18.0. The van der Waals surface area contributed by atoms with Gasteiger partial charge in [-0.15, -0.1) is 0 Å². The Bertz CT molecular complexity index is 1190. The fourth-order valence-corrected chi connectivity index (χ4v) is 3.76. The van der Waals surface area contributed by atoms with Crippen molar-refractivity contribution in [3.63, 3.8) is 0 Å². The predicted octanol–water partition coefficient (Wildman–Crippen LogP) is 4.87. The number of fused-ring (bicyclic) bond motifs is 1. The van der Waals surface area contributed by atoms with Gasteiger partial charge in [0.05, 0.1) is 21.1 Å². The van der Waals surface area contributed by atoms with E-state index in [1.54, 1.807) is 43.0 Å². The summed E-state index contributed by atoms with van der Waals surface area (Å²) in [4.78, 5) is 26.0. The molecule has 0 aliphatic rings. The van der Waals surface area contributed by atoms with Crippen LogP contribution in [0.15, 0.2) is 65.1 Å². The Labute approximate surface area is 169 Å². The van der Waals surface area contributed by atoms with E-state index in [4.69, 9.17) is 23.2 Å². The van der Waals surface area contributed by atoms with Crippen molar-refractivity contribution in [3.05, 3.63) is 75.4 Å². The van der Waals surface area contributed by atoms with E-state index >= 15 is 0 Å². The molecule has 0 aliphatic carbocycles. The number of thioether (sulfide) groups is 1. The zero-order valence-corrected chi connectivity index (χ0v) is 16.4. The lowest BCUT2D eigenvalue weighted by atomic mass is 10.1. The third kappa shape index (κ3) is 3.20. The van der Waals surface area contributed by atoms with Crippen LogP contribution >= 0.6 is 35.0 Å². The van der Waals surface area contributed by atoms with Crippen molar-refractivity contribution in [1.29, 1.82) is 0 Å². The van der Waals surface area contributed by atoms with Crippen LogP contribution in [-0.4, -0.2) is 25.8 Å². The molecule has 0 fully saturated rings. The molecule has 8 heteroatoms. The Morgan fingerprint density at radius 2 is 1.78 bits per heavy atom. The average Bonchev–Trinajstić information content (AvgIpc) is 2.69. The van der Waals surface area contributed by atoms with E-state index in [2.05, 4.69) is 15.0 Å². The topological polar surface area (TPSA) is 60.7 Å². The zero-order valence-electron chi connectivity index (χ0n) is 14.1.